The third kappa shape index (κ3) is 6.39. The maximum absolute atomic E-state index is 13.9. The molecule has 2 fully saturated rings. The number of ether oxygens (including phenoxy) is 4. The van der Waals surface area contributed by atoms with Gasteiger partial charge in [0.2, 0.25) is 11.8 Å². The molecular weight excluding hydrogens is 528 g/mol. The van der Waals surface area contributed by atoms with Gasteiger partial charge in [0.05, 0.1) is 31.8 Å². The Morgan fingerprint density at radius 1 is 1.07 bits per heavy atom. The second-order valence-electron chi connectivity index (χ2n) is 12.0. The van der Waals surface area contributed by atoms with Gasteiger partial charge in [0, 0.05) is 18.4 Å². The summed E-state index contributed by atoms with van der Waals surface area (Å²) >= 11 is 0. The van der Waals surface area contributed by atoms with Crippen LogP contribution in [0.4, 0.5) is 4.79 Å². The number of carbonyl (C=O) groups is 3. The third-order valence-corrected chi connectivity index (χ3v) is 7.85. The summed E-state index contributed by atoms with van der Waals surface area (Å²) in [5.41, 5.74) is 1.38. The lowest BCUT2D eigenvalue weighted by molar-refractivity contribution is -0.152. The molecule has 1 saturated heterocycles. The predicted molar refractivity (Wildman–Crippen MR) is 149 cm³/mol. The number of nitrogens with zero attached hydrogens (tertiary/aromatic N) is 3. The molecular formula is C30H38N4O7. The van der Waals surface area contributed by atoms with Crippen molar-refractivity contribution in [3.05, 3.63) is 36.0 Å². The van der Waals surface area contributed by atoms with Gasteiger partial charge < -0.3 is 29.2 Å². The number of amides is 2. The quantitative estimate of drug-likeness (QED) is 0.428. The van der Waals surface area contributed by atoms with Gasteiger partial charge in [-0.15, -0.1) is 0 Å². The van der Waals surface area contributed by atoms with Crippen LogP contribution < -0.4 is 14.8 Å². The van der Waals surface area contributed by atoms with E-state index in [9.17, 15) is 14.4 Å². The molecule has 2 unspecified atom stereocenters. The second kappa shape index (κ2) is 11.5. The molecule has 1 aromatic heterocycles. The molecule has 2 aliphatic heterocycles. The number of rotatable bonds is 2. The number of nitrogens with one attached hydrogen (secondary N) is 1. The van der Waals surface area contributed by atoms with Crippen molar-refractivity contribution in [3.63, 3.8) is 0 Å². The average Bonchev–Trinajstić information content (AvgIpc) is 3.53. The van der Waals surface area contributed by atoms with Crippen LogP contribution in [0.5, 0.6) is 11.6 Å². The van der Waals surface area contributed by atoms with Gasteiger partial charge in [-0.05, 0) is 43.2 Å². The van der Waals surface area contributed by atoms with Gasteiger partial charge in [0.25, 0.3) is 0 Å². The number of allylic oxidation sites excluding steroid dienone is 2. The summed E-state index contributed by atoms with van der Waals surface area (Å²) in [5, 5.41) is 2.78. The first-order valence-electron chi connectivity index (χ1n) is 14.1. The fraction of sp³-hybridized carbons (Fsp3) is 0.567. The number of hydrogen-bond acceptors (Lipinski definition) is 9. The summed E-state index contributed by atoms with van der Waals surface area (Å²) in [7, 11) is 2.88. The Bertz CT molecular complexity index is 1350. The van der Waals surface area contributed by atoms with Gasteiger partial charge in [-0.2, -0.15) is 0 Å². The Kier molecular flexibility index (Phi) is 8.06. The molecule has 5 rings (SSSR count). The number of carbonyl (C=O) groups excluding carboxylic acids is 3. The Morgan fingerprint density at radius 2 is 1.88 bits per heavy atom. The fourth-order valence-electron chi connectivity index (χ4n) is 5.41. The van der Waals surface area contributed by atoms with Crippen LogP contribution in [0.3, 0.4) is 0 Å². The largest absolute Gasteiger partial charge is 0.497 e. The Balaban J connectivity index is 1.51. The molecule has 1 N–H and O–H groups in total. The van der Waals surface area contributed by atoms with Crippen LogP contribution in [0.2, 0.25) is 0 Å². The number of aryl methyl sites for hydroxylation is 1. The topological polar surface area (TPSA) is 129 Å². The van der Waals surface area contributed by atoms with Gasteiger partial charge in [-0.3, -0.25) is 4.79 Å². The first-order chi connectivity index (χ1) is 19.6. The Labute approximate surface area is 239 Å². The van der Waals surface area contributed by atoms with Crippen LogP contribution in [0.25, 0.3) is 11.0 Å². The molecule has 11 nitrogen and oxygen atoms in total. The average molecular weight is 567 g/mol. The van der Waals surface area contributed by atoms with Crippen LogP contribution in [0, 0.1) is 11.3 Å². The minimum absolute atomic E-state index is 0.115. The molecule has 1 saturated carbocycles. The molecule has 3 aliphatic rings. The van der Waals surface area contributed by atoms with Gasteiger partial charge in [-0.1, -0.05) is 32.9 Å². The summed E-state index contributed by atoms with van der Waals surface area (Å²) in [6.45, 7) is 5.68. The zero-order valence-corrected chi connectivity index (χ0v) is 24.2. The van der Waals surface area contributed by atoms with Crippen molar-refractivity contribution in [2.75, 3.05) is 20.8 Å². The van der Waals surface area contributed by atoms with Crippen LogP contribution in [0.15, 0.2) is 30.4 Å². The Morgan fingerprint density at radius 3 is 2.61 bits per heavy atom. The predicted octanol–water partition coefficient (Wildman–Crippen LogP) is 3.58. The molecule has 1 aliphatic carbocycles. The lowest BCUT2D eigenvalue weighted by Crippen LogP contribution is -2.57. The molecule has 41 heavy (non-hydrogen) atoms. The highest BCUT2D eigenvalue weighted by molar-refractivity contribution is 5.91. The highest BCUT2D eigenvalue weighted by Crippen LogP contribution is 2.37. The first kappa shape index (κ1) is 28.6. The number of aromatic nitrogens is 2. The lowest BCUT2D eigenvalue weighted by Gasteiger charge is -2.34. The van der Waals surface area contributed by atoms with Gasteiger partial charge >= 0.3 is 12.1 Å². The van der Waals surface area contributed by atoms with Crippen molar-refractivity contribution in [1.82, 2.24) is 20.2 Å². The Hall–Kier alpha value is -3.89. The molecule has 220 valence electrons. The minimum atomic E-state index is -0.930. The van der Waals surface area contributed by atoms with E-state index in [1.54, 1.807) is 13.2 Å². The summed E-state index contributed by atoms with van der Waals surface area (Å²) in [6.07, 6.45) is 5.93. The zero-order valence-electron chi connectivity index (χ0n) is 24.2. The summed E-state index contributed by atoms with van der Waals surface area (Å²) in [6, 6.07) is 3.69. The number of hydrogen-bond donors (Lipinski definition) is 1. The van der Waals surface area contributed by atoms with E-state index >= 15 is 0 Å². The first-order valence-corrected chi connectivity index (χ1v) is 14.1. The molecule has 5 atom stereocenters. The van der Waals surface area contributed by atoms with E-state index in [-0.39, 0.29) is 25.0 Å². The fourth-order valence-corrected chi connectivity index (χ4v) is 5.41. The van der Waals surface area contributed by atoms with E-state index in [1.165, 1.54) is 12.0 Å². The van der Waals surface area contributed by atoms with Crippen molar-refractivity contribution in [2.24, 2.45) is 11.3 Å². The smallest absolute Gasteiger partial charge is 0.408 e. The van der Waals surface area contributed by atoms with E-state index in [2.05, 4.69) is 17.5 Å². The minimum Gasteiger partial charge on any atom is -0.497 e. The van der Waals surface area contributed by atoms with Crippen molar-refractivity contribution in [1.29, 1.82) is 0 Å². The SMILES string of the molecule is COC(=O)[C@@H]1C[C@@H]2CN1C(=O)C(C(C)(C)C)NC(=O)O[C@@H]1CC1C/C=C/CCc1nc3ccc(OC)cc3nc1O2. The van der Waals surface area contributed by atoms with Gasteiger partial charge in [-0.25, -0.2) is 19.6 Å². The van der Waals surface area contributed by atoms with E-state index in [0.717, 1.165) is 24.8 Å². The van der Waals surface area contributed by atoms with Crippen molar-refractivity contribution in [2.45, 2.75) is 77.2 Å². The normalized spacial score (nSPS) is 27.7. The van der Waals surface area contributed by atoms with E-state index in [1.807, 2.05) is 32.9 Å². The molecule has 11 heteroatoms. The number of alkyl carbamates (subject to hydrolysis) is 1. The molecule has 3 heterocycles. The van der Waals surface area contributed by atoms with Crippen LogP contribution in [0.1, 0.15) is 52.1 Å². The van der Waals surface area contributed by atoms with Gasteiger partial charge in [0.15, 0.2) is 0 Å². The van der Waals surface area contributed by atoms with Crippen molar-refractivity contribution in [3.8, 4) is 11.6 Å². The molecule has 0 radical (unpaired) electrons. The second-order valence-corrected chi connectivity index (χ2v) is 12.0. The number of benzene rings is 1. The lowest BCUT2D eigenvalue weighted by atomic mass is 9.85. The molecule has 2 aromatic rings. The number of methoxy groups -OCH3 is 2. The maximum atomic E-state index is 13.9. The third-order valence-electron chi connectivity index (χ3n) is 7.85. The molecule has 0 spiro atoms. The van der Waals surface area contributed by atoms with Crippen LogP contribution in [-0.4, -0.2) is 77.9 Å². The van der Waals surface area contributed by atoms with Gasteiger partial charge in [0.1, 0.15) is 35.7 Å². The van der Waals surface area contributed by atoms with E-state index < -0.39 is 41.6 Å². The molecule has 2 amide bonds. The number of fused-ring (bicyclic) bond motifs is 5. The number of esters is 1. The summed E-state index contributed by atoms with van der Waals surface area (Å²) in [5.74, 6) is 0.306. The molecule has 1 aromatic carbocycles. The van der Waals surface area contributed by atoms with Crippen molar-refractivity contribution < 1.29 is 33.3 Å². The maximum Gasteiger partial charge on any atom is 0.408 e. The highest BCUT2D eigenvalue weighted by Gasteiger charge is 2.47. The molecule has 2 bridgehead atoms. The highest BCUT2D eigenvalue weighted by atomic mass is 16.6. The zero-order chi connectivity index (χ0) is 29.3. The standard InChI is InChI=1S/C30H38N4O7/c1-30(2,3)25-27(35)34-16-19(15-23(34)28(36)39-5)40-26-21(31-20-12-11-18(38-4)14-22(20)32-26)10-8-6-7-9-17-13-24(17)41-29(37)33-25/h6-7,11-12,14,17,19,23-25H,8-10,13,15-16H2,1-5H3,(H,33,37)/b7-6+/t17?,19-,23+,24-,25?/m1/s1. The van der Waals surface area contributed by atoms with Crippen molar-refractivity contribution >= 4 is 29.0 Å². The summed E-state index contributed by atoms with van der Waals surface area (Å²) < 4.78 is 22.4. The van der Waals surface area contributed by atoms with Crippen LogP contribution >= 0.6 is 0 Å². The monoisotopic (exact) mass is 566 g/mol. The van der Waals surface area contributed by atoms with Crippen LogP contribution in [-0.2, 0) is 25.5 Å². The van der Waals surface area contributed by atoms with E-state index in [0.29, 0.717) is 29.3 Å². The summed E-state index contributed by atoms with van der Waals surface area (Å²) in [4.78, 5) is 50.7. The van der Waals surface area contributed by atoms with E-state index in [4.69, 9.17) is 28.9 Å².